The predicted molar refractivity (Wildman–Crippen MR) is 122 cm³/mol. The summed E-state index contributed by atoms with van der Waals surface area (Å²) in [5.41, 5.74) is 4.55. The molecule has 1 amide bonds. The van der Waals surface area contributed by atoms with E-state index in [2.05, 4.69) is 37.4 Å². The van der Waals surface area contributed by atoms with E-state index in [1.807, 2.05) is 13.0 Å². The van der Waals surface area contributed by atoms with Crippen LogP contribution in [0.2, 0.25) is 0 Å². The monoisotopic (exact) mass is 433 g/mol. The smallest absolute Gasteiger partial charge is 0.257 e. The fraction of sp³-hybridized carbons (Fsp3) is 0.304. The van der Waals surface area contributed by atoms with Crippen LogP contribution >= 0.6 is 0 Å². The van der Waals surface area contributed by atoms with Crippen LogP contribution in [0.5, 0.6) is 0 Å². The summed E-state index contributed by atoms with van der Waals surface area (Å²) < 4.78 is 16.0. The van der Waals surface area contributed by atoms with Gasteiger partial charge in [-0.2, -0.15) is 0 Å². The second-order valence-electron chi connectivity index (χ2n) is 8.29. The van der Waals surface area contributed by atoms with Crippen molar-refractivity contribution in [3.63, 3.8) is 0 Å². The van der Waals surface area contributed by atoms with Crippen molar-refractivity contribution in [1.82, 2.24) is 24.7 Å². The summed E-state index contributed by atoms with van der Waals surface area (Å²) >= 11 is 0. The van der Waals surface area contributed by atoms with Crippen LogP contribution in [0.4, 0.5) is 15.8 Å². The van der Waals surface area contributed by atoms with Crippen molar-refractivity contribution in [2.75, 3.05) is 29.9 Å². The number of imidazole rings is 1. The van der Waals surface area contributed by atoms with Crippen LogP contribution in [0.15, 0.2) is 36.8 Å². The molecule has 1 fully saturated rings. The maximum absolute atomic E-state index is 14.4. The molecule has 32 heavy (non-hydrogen) atoms. The number of halogens is 1. The Morgan fingerprint density at radius 1 is 1.19 bits per heavy atom. The lowest BCUT2D eigenvalue weighted by Gasteiger charge is -2.34. The van der Waals surface area contributed by atoms with E-state index in [1.54, 1.807) is 36.0 Å². The van der Waals surface area contributed by atoms with Gasteiger partial charge in [0, 0.05) is 50.3 Å². The molecule has 9 heteroatoms. The average Bonchev–Trinajstić information content (AvgIpc) is 3.13. The molecule has 0 bridgehead atoms. The number of pyridine rings is 1. The van der Waals surface area contributed by atoms with Crippen molar-refractivity contribution < 1.29 is 9.18 Å². The first-order chi connectivity index (χ1) is 15.4. The van der Waals surface area contributed by atoms with E-state index in [9.17, 15) is 9.18 Å². The average molecular weight is 433 g/mol. The molecule has 1 atom stereocenters. The molecule has 4 aromatic rings. The van der Waals surface area contributed by atoms with E-state index in [0.29, 0.717) is 34.0 Å². The number of anilines is 2. The van der Waals surface area contributed by atoms with Gasteiger partial charge in [-0.1, -0.05) is 0 Å². The molecule has 0 saturated carbocycles. The maximum Gasteiger partial charge on any atom is 0.257 e. The zero-order chi connectivity index (χ0) is 22.4. The molecule has 8 nitrogen and oxygen atoms in total. The summed E-state index contributed by atoms with van der Waals surface area (Å²) in [7, 11) is 0. The minimum Gasteiger partial charge on any atom is -0.367 e. The highest BCUT2D eigenvalue weighted by molar-refractivity contribution is 6.13. The molecule has 2 N–H and O–H groups in total. The number of amides is 1. The van der Waals surface area contributed by atoms with Crippen LogP contribution in [0.1, 0.15) is 28.7 Å². The third-order valence-electron chi connectivity index (χ3n) is 5.64. The number of aryl methyl sites for hydroxylation is 2. The minimum absolute atomic E-state index is 0.224. The number of nitrogens with zero attached hydrogens (tertiary/aromatic N) is 5. The van der Waals surface area contributed by atoms with Gasteiger partial charge >= 0.3 is 0 Å². The normalized spacial score (nSPS) is 16.6. The molecular weight excluding hydrogens is 409 g/mol. The third-order valence-corrected chi connectivity index (χ3v) is 5.64. The number of hydrogen-bond donors (Lipinski definition) is 2. The highest BCUT2D eigenvalue weighted by Gasteiger charge is 2.22. The van der Waals surface area contributed by atoms with E-state index in [0.717, 1.165) is 31.0 Å². The van der Waals surface area contributed by atoms with Gasteiger partial charge in [-0.3, -0.25) is 9.78 Å². The standard InChI is InChI=1S/C23H24FN7O/c1-13-9-26-21-19(30-7-6-25-14(2)10-30)5-4-17(20(21)27-13)23(32)29-16-8-18(24)22-28-15(3)11-31(22)12-16/h4-5,8-9,11-12,14,25H,6-7,10H2,1-3H3,(H,29,32). The second-order valence-corrected chi connectivity index (χ2v) is 8.29. The van der Waals surface area contributed by atoms with Gasteiger partial charge in [0.2, 0.25) is 0 Å². The Balaban J connectivity index is 1.53. The Labute approximate surface area is 184 Å². The third kappa shape index (κ3) is 3.64. The van der Waals surface area contributed by atoms with Gasteiger partial charge in [0.25, 0.3) is 5.91 Å². The van der Waals surface area contributed by atoms with Crippen LogP contribution in [0.3, 0.4) is 0 Å². The van der Waals surface area contributed by atoms with E-state index >= 15 is 0 Å². The SMILES string of the molecule is Cc1cnc2c(N3CCNC(C)C3)ccc(C(=O)Nc3cc(F)c4nc(C)cn4c3)c2n1. The van der Waals surface area contributed by atoms with E-state index in [-0.39, 0.29) is 11.6 Å². The quantitative estimate of drug-likeness (QED) is 0.516. The van der Waals surface area contributed by atoms with Gasteiger partial charge < -0.3 is 19.9 Å². The largest absolute Gasteiger partial charge is 0.367 e. The van der Waals surface area contributed by atoms with Gasteiger partial charge in [-0.05, 0) is 32.9 Å². The summed E-state index contributed by atoms with van der Waals surface area (Å²) in [5.74, 6) is -0.870. The molecule has 1 aliphatic heterocycles. The van der Waals surface area contributed by atoms with E-state index in [1.165, 1.54) is 6.07 Å². The van der Waals surface area contributed by atoms with Gasteiger partial charge in [0.1, 0.15) is 11.0 Å². The molecule has 0 radical (unpaired) electrons. The molecule has 1 unspecified atom stereocenters. The van der Waals surface area contributed by atoms with E-state index in [4.69, 9.17) is 0 Å². The number of carbonyl (C=O) groups is 1. The Morgan fingerprint density at radius 2 is 2.03 bits per heavy atom. The first-order valence-corrected chi connectivity index (χ1v) is 10.6. The molecule has 1 aromatic carbocycles. The lowest BCUT2D eigenvalue weighted by molar-refractivity contribution is 0.102. The Morgan fingerprint density at radius 3 is 2.84 bits per heavy atom. The maximum atomic E-state index is 14.4. The van der Waals surface area contributed by atoms with Crippen molar-refractivity contribution in [2.45, 2.75) is 26.8 Å². The number of rotatable bonds is 3. The number of carbonyl (C=O) groups excluding carboxylic acids is 1. The highest BCUT2D eigenvalue weighted by Crippen LogP contribution is 2.28. The van der Waals surface area contributed by atoms with Gasteiger partial charge in [0.05, 0.1) is 28.3 Å². The lowest BCUT2D eigenvalue weighted by Crippen LogP contribution is -2.49. The van der Waals surface area contributed by atoms with Gasteiger partial charge in [-0.15, -0.1) is 0 Å². The van der Waals surface area contributed by atoms with Crippen LogP contribution in [-0.4, -0.2) is 50.9 Å². The number of aromatic nitrogens is 4. The Kier molecular flexibility index (Phi) is 4.97. The minimum atomic E-state index is -0.500. The summed E-state index contributed by atoms with van der Waals surface area (Å²) in [4.78, 5) is 28.8. The first-order valence-electron chi connectivity index (χ1n) is 10.6. The molecule has 1 aliphatic rings. The molecule has 0 spiro atoms. The fourth-order valence-corrected chi connectivity index (χ4v) is 4.21. The van der Waals surface area contributed by atoms with Crippen molar-refractivity contribution in [1.29, 1.82) is 0 Å². The summed E-state index contributed by atoms with van der Waals surface area (Å²) in [5, 5.41) is 6.23. The topological polar surface area (TPSA) is 87.5 Å². The summed E-state index contributed by atoms with van der Waals surface area (Å²) in [6.07, 6.45) is 5.07. The van der Waals surface area contributed by atoms with Gasteiger partial charge in [0.15, 0.2) is 11.5 Å². The van der Waals surface area contributed by atoms with Crippen LogP contribution < -0.4 is 15.5 Å². The van der Waals surface area contributed by atoms with Crippen molar-refractivity contribution in [3.05, 3.63) is 59.6 Å². The van der Waals surface area contributed by atoms with Crippen LogP contribution in [0, 0.1) is 19.7 Å². The number of piperazine rings is 1. The Hall–Kier alpha value is -3.59. The first kappa shape index (κ1) is 20.3. The molecular formula is C23H24FN7O. The molecule has 4 heterocycles. The van der Waals surface area contributed by atoms with Crippen LogP contribution in [0.25, 0.3) is 16.7 Å². The van der Waals surface area contributed by atoms with Crippen molar-refractivity contribution >= 4 is 34.0 Å². The van der Waals surface area contributed by atoms with Crippen molar-refractivity contribution in [3.8, 4) is 0 Å². The number of nitrogens with one attached hydrogen (secondary N) is 2. The van der Waals surface area contributed by atoms with Crippen molar-refractivity contribution in [2.24, 2.45) is 0 Å². The second kappa shape index (κ2) is 7.83. The zero-order valence-corrected chi connectivity index (χ0v) is 18.2. The molecule has 5 rings (SSSR count). The Bertz CT molecular complexity index is 1350. The molecule has 3 aromatic heterocycles. The number of fused-ring (bicyclic) bond motifs is 2. The molecule has 1 saturated heterocycles. The zero-order valence-electron chi connectivity index (χ0n) is 18.2. The predicted octanol–water partition coefficient (Wildman–Crippen LogP) is 3.08. The molecule has 0 aliphatic carbocycles. The highest BCUT2D eigenvalue weighted by atomic mass is 19.1. The van der Waals surface area contributed by atoms with Gasteiger partial charge in [-0.25, -0.2) is 14.4 Å². The number of hydrogen-bond acceptors (Lipinski definition) is 6. The van der Waals surface area contributed by atoms with Crippen LogP contribution in [-0.2, 0) is 0 Å². The summed E-state index contributed by atoms with van der Waals surface area (Å²) in [6.45, 7) is 8.36. The van der Waals surface area contributed by atoms with E-state index < -0.39 is 5.82 Å². The number of benzene rings is 1. The molecule has 164 valence electrons. The fourth-order valence-electron chi connectivity index (χ4n) is 4.21. The lowest BCUT2D eigenvalue weighted by atomic mass is 10.1. The summed E-state index contributed by atoms with van der Waals surface area (Å²) in [6, 6.07) is 5.32.